The van der Waals surface area contributed by atoms with E-state index in [-0.39, 0.29) is 11.8 Å². The van der Waals surface area contributed by atoms with Crippen LogP contribution < -0.4 is 15.0 Å². The molecule has 0 bridgehead atoms. The second-order valence-corrected chi connectivity index (χ2v) is 6.90. The molecule has 28 heavy (non-hydrogen) atoms. The highest BCUT2D eigenvalue weighted by Crippen LogP contribution is 2.24. The summed E-state index contributed by atoms with van der Waals surface area (Å²) in [6, 6.07) is 7.92. The fourth-order valence-electron chi connectivity index (χ4n) is 3.17. The highest BCUT2D eigenvalue weighted by Gasteiger charge is 2.34. The van der Waals surface area contributed by atoms with E-state index < -0.39 is 0 Å². The van der Waals surface area contributed by atoms with Gasteiger partial charge in [-0.2, -0.15) is 5.10 Å². The number of hydrogen-bond acceptors (Lipinski definition) is 6. The second-order valence-electron chi connectivity index (χ2n) is 6.90. The van der Waals surface area contributed by atoms with Gasteiger partial charge in [0.1, 0.15) is 11.6 Å². The fraction of sp³-hybridized carbons (Fsp3) is 0.300. The average Bonchev–Trinajstić information content (AvgIpc) is 3.05. The SMILES string of the molecule is COc1cccc(Cc2cncc(N3CC(C(=O)Nc4cn[nH]c4C)C3)n2)c1. The molecule has 1 amide bonds. The van der Waals surface area contributed by atoms with Crippen LogP contribution in [-0.4, -0.2) is 46.3 Å². The van der Waals surface area contributed by atoms with Crippen molar-refractivity contribution in [1.29, 1.82) is 0 Å². The lowest BCUT2D eigenvalue weighted by atomic mass is 9.99. The summed E-state index contributed by atoms with van der Waals surface area (Å²) in [6.07, 6.45) is 5.81. The predicted molar refractivity (Wildman–Crippen MR) is 105 cm³/mol. The van der Waals surface area contributed by atoms with Crippen molar-refractivity contribution < 1.29 is 9.53 Å². The molecule has 3 aromatic rings. The molecular weight excluding hydrogens is 356 g/mol. The van der Waals surface area contributed by atoms with Crippen molar-refractivity contribution in [2.75, 3.05) is 30.4 Å². The third-order valence-electron chi connectivity index (χ3n) is 4.86. The molecule has 0 unspecified atom stereocenters. The molecule has 8 nitrogen and oxygen atoms in total. The fourth-order valence-corrected chi connectivity index (χ4v) is 3.17. The van der Waals surface area contributed by atoms with E-state index in [9.17, 15) is 4.79 Å². The Hall–Kier alpha value is -3.42. The highest BCUT2D eigenvalue weighted by molar-refractivity contribution is 5.94. The second kappa shape index (κ2) is 7.67. The average molecular weight is 378 g/mol. The molecule has 1 saturated heterocycles. The van der Waals surface area contributed by atoms with E-state index in [2.05, 4.69) is 25.4 Å². The molecule has 0 radical (unpaired) electrons. The van der Waals surface area contributed by atoms with E-state index >= 15 is 0 Å². The zero-order chi connectivity index (χ0) is 19.5. The van der Waals surface area contributed by atoms with Crippen LogP contribution in [0.1, 0.15) is 17.0 Å². The zero-order valence-electron chi connectivity index (χ0n) is 15.8. The molecule has 0 aliphatic carbocycles. The minimum atomic E-state index is -0.0712. The largest absolute Gasteiger partial charge is 0.497 e. The van der Waals surface area contributed by atoms with Crippen LogP contribution in [0.5, 0.6) is 5.75 Å². The van der Waals surface area contributed by atoms with Gasteiger partial charge in [-0.05, 0) is 24.6 Å². The molecule has 0 atom stereocenters. The van der Waals surface area contributed by atoms with Gasteiger partial charge >= 0.3 is 0 Å². The van der Waals surface area contributed by atoms with Crippen molar-refractivity contribution >= 4 is 17.4 Å². The predicted octanol–water partition coefficient (Wildman–Crippen LogP) is 2.18. The number of nitrogens with one attached hydrogen (secondary N) is 2. The van der Waals surface area contributed by atoms with Crippen molar-refractivity contribution in [3.63, 3.8) is 0 Å². The first-order valence-electron chi connectivity index (χ1n) is 9.12. The van der Waals surface area contributed by atoms with E-state index in [1.54, 1.807) is 25.7 Å². The lowest BCUT2D eigenvalue weighted by molar-refractivity contribution is -0.120. The molecule has 0 spiro atoms. The van der Waals surface area contributed by atoms with Gasteiger partial charge in [0.25, 0.3) is 0 Å². The van der Waals surface area contributed by atoms with Crippen LogP contribution in [-0.2, 0) is 11.2 Å². The normalized spacial score (nSPS) is 13.9. The lowest BCUT2D eigenvalue weighted by Gasteiger charge is -2.38. The van der Waals surface area contributed by atoms with E-state index in [0.29, 0.717) is 19.5 Å². The number of aromatic amines is 1. The maximum Gasteiger partial charge on any atom is 0.231 e. The summed E-state index contributed by atoms with van der Waals surface area (Å²) in [4.78, 5) is 23.5. The standard InChI is InChI=1S/C20H22N6O2/c1-13-18(9-22-25-13)24-20(27)15-11-26(12-15)19-10-21-8-16(23-19)6-14-4-3-5-17(7-14)28-2/h3-5,7-10,15H,6,11-12H2,1-2H3,(H,22,25)(H,24,27). The Labute approximate surface area is 163 Å². The van der Waals surface area contributed by atoms with Gasteiger partial charge in [0.15, 0.2) is 0 Å². The van der Waals surface area contributed by atoms with Crippen LogP contribution in [0, 0.1) is 12.8 Å². The van der Waals surface area contributed by atoms with Crippen LogP contribution >= 0.6 is 0 Å². The summed E-state index contributed by atoms with van der Waals surface area (Å²) in [5, 5.41) is 9.65. The van der Waals surface area contributed by atoms with Gasteiger partial charge < -0.3 is 15.0 Å². The third-order valence-corrected chi connectivity index (χ3v) is 4.86. The van der Waals surface area contributed by atoms with Crippen LogP contribution in [0.15, 0.2) is 42.9 Å². The van der Waals surface area contributed by atoms with Gasteiger partial charge in [0, 0.05) is 25.7 Å². The molecule has 1 aliphatic rings. The number of amides is 1. The summed E-state index contributed by atoms with van der Waals surface area (Å²) in [6.45, 7) is 3.12. The van der Waals surface area contributed by atoms with Crippen LogP contribution in [0.3, 0.4) is 0 Å². The van der Waals surface area contributed by atoms with Crippen molar-refractivity contribution in [1.82, 2.24) is 20.2 Å². The molecule has 2 N–H and O–H groups in total. The monoisotopic (exact) mass is 378 g/mol. The number of nitrogens with zero attached hydrogens (tertiary/aromatic N) is 4. The number of aromatic nitrogens is 4. The number of rotatable bonds is 6. The molecule has 0 saturated carbocycles. The summed E-state index contributed by atoms with van der Waals surface area (Å²) in [5.74, 6) is 1.55. The Kier molecular flexibility index (Phi) is 4.92. The number of methoxy groups -OCH3 is 1. The number of aryl methyl sites for hydroxylation is 1. The van der Waals surface area contributed by atoms with Crippen LogP contribution in [0.4, 0.5) is 11.5 Å². The van der Waals surface area contributed by atoms with Gasteiger partial charge in [-0.1, -0.05) is 12.1 Å². The van der Waals surface area contributed by atoms with Crippen molar-refractivity contribution in [2.24, 2.45) is 5.92 Å². The van der Waals surface area contributed by atoms with Gasteiger partial charge in [0.05, 0.1) is 42.5 Å². The molecular formula is C20H22N6O2. The third kappa shape index (κ3) is 3.80. The maximum atomic E-state index is 12.4. The van der Waals surface area contributed by atoms with Crippen molar-refractivity contribution in [3.05, 3.63) is 59.8 Å². The van der Waals surface area contributed by atoms with Gasteiger partial charge in [-0.25, -0.2) is 4.98 Å². The number of hydrogen-bond donors (Lipinski definition) is 2. The topological polar surface area (TPSA) is 96.0 Å². The Bertz CT molecular complexity index is 980. The molecule has 4 rings (SSSR count). The number of anilines is 2. The summed E-state index contributed by atoms with van der Waals surface area (Å²) >= 11 is 0. The number of benzene rings is 1. The van der Waals surface area contributed by atoms with Gasteiger partial charge in [-0.15, -0.1) is 0 Å². The van der Waals surface area contributed by atoms with Crippen LogP contribution in [0.25, 0.3) is 0 Å². The first-order valence-corrected chi connectivity index (χ1v) is 9.12. The highest BCUT2D eigenvalue weighted by atomic mass is 16.5. The van der Waals surface area contributed by atoms with Crippen molar-refractivity contribution in [3.8, 4) is 5.75 Å². The van der Waals surface area contributed by atoms with E-state index in [1.165, 1.54) is 0 Å². The first kappa shape index (κ1) is 18.0. The molecule has 8 heteroatoms. The maximum absolute atomic E-state index is 12.4. The minimum Gasteiger partial charge on any atom is -0.497 e. The first-order chi connectivity index (χ1) is 13.6. The smallest absolute Gasteiger partial charge is 0.231 e. The molecule has 1 aromatic carbocycles. The van der Waals surface area contributed by atoms with Gasteiger partial charge in [-0.3, -0.25) is 14.9 Å². The van der Waals surface area contributed by atoms with E-state index in [1.807, 2.05) is 31.2 Å². The molecule has 1 aliphatic heterocycles. The molecule has 1 fully saturated rings. The number of carbonyl (C=O) groups is 1. The summed E-state index contributed by atoms with van der Waals surface area (Å²) < 4.78 is 5.27. The Morgan fingerprint density at radius 3 is 2.93 bits per heavy atom. The number of H-pyrrole nitrogens is 1. The summed E-state index contributed by atoms with van der Waals surface area (Å²) in [7, 11) is 1.66. The Morgan fingerprint density at radius 1 is 1.32 bits per heavy atom. The quantitative estimate of drug-likeness (QED) is 0.683. The van der Waals surface area contributed by atoms with Gasteiger partial charge in [0.2, 0.25) is 5.91 Å². The Morgan fingerprint density at radius 2 is 2.18 bits per heavy atom. The van der Waals surface area contributed by atoms with Crippen molar-refractivity contribution in [2.45, 2.75) is 13.3 Å². The minimum absolute atomic E-state index is 0.00115. The van der Waals surface area contributed by atoms with E-state index in [0.717, 1.165) is 34.2 Å². The Balaban J connectivity index is 1.36. The molecule has 144 valence electrons. The van der Waals surface area contributed by atoms with Crippen LogP contribution in [0.2, 0.25) is 0 Å². The summed E-state index contributed by atoms with van der Waals surface area (Å²) in [5.41, 5.74) is 3.57. The molecule has 3 heterocycles. The van der Waals surface area contributed by atoms with E-state index in [4.69, 9.17) is 9.72 Å². The number of ether oxygens (including phenoxy) is 1. The lowest BCUT2D eigenvalue weighted by Crippen LogP contribution is -2.52. The number of carbonyl (C=O) groups excluding carboxylic acids is 1. The molecule has 2 aromatic heterocycles. The zero-order valence-corrected chi connectivity index (χ0v) is 15.8.